The van der Waals surface area contributed by atoms with E-state index in [1.54, 1.807) is 11.7 Å². The van der Waals surface area contributed by atoms with Gasteiger partial charge < -0.3 is 10.6 Å². The smallest absolute Gasteiger partial charge is 0.219 e. The molecule has 1 rings (SSSR count). The topological polar surface area (TPSA) is 71.8 Å². The summed E-state index contributed by atoms with van der Waals surface area (Å²) in [6.45, 7) is 4.44. The highest BCUT2D eigenvalue weighted by atomic mass is 16.1. The van der Waals surface area contributed by atoms with Gasteiger partial charge in [0.15, 0.2) is 0 Å². The van der Waals surface area contributed by atoms with E-state index in [-0.39, 0.29) is 5.91 Å². The number of nitrogens with one attached hydrogen (secondary N) is 2. The Bertz CT molecular complexity index is 323. The second-order valence-electron chi connectivity index (χ2n) is 3.53. The fourth-order valence-corrected chi connectivity index (χ4v) is 1.31. The quantitative estimate of drug-likeness (QED) is 0.680. The standard InChI is InChI=1S/C10H19N5O/c1-3-12-7-9-8-15(14-13-9)6-4-5-10(16)11-2/h8,12H,3-7H2,1-2H3,(H,11,16). The van der Waals surface area contributed by atoms with Crippen molar-refractivity contribution in [2.45, 2.75) is 32.9 Å². The van der Waals surface area contributed by atoms with Crippen LogP contribution in [0, 0.1) is 0 Å². The number of aryl methyl sites for hydroxylation is 1. The third kappa shape index (κ3) is 4.39. The van der Waals surface area contributed by atoms with E-state index in [0.29, 0.717) is 6.42 Å². The van der Waals surface area contributed by atoms with Crippen molar-refractivity contribution in [1.29, 1.82) is 0 Å². The predicted molar refractivity (Wildman–Crippen MR) is 60.7 cm³/mol. The largest absolute Gasteiger partial charge is 0.359 e. The van der Waals surface area contributed by atoms with E-state index in [1.165, 1.54) is 0 Å². The third-order valence-electron chi connectivity index (χ3n) is 2.21. The molecule has 90 valence electrons. The first kappa shape index (κ1) is 12.6. The Morgan fingerprint density at radius 3 is 3.06 bits per heavy atom. The van der Waals surface area contributed by atoms with Gasteiger partial charge in [-0.05, 0) is 13.0 Å². The fraction of sp³-hybridized carbons (Fsp3) is 0.700. The van der Waals surface area contributed by atoms with E-state index in [1.807, 2.05) is 13.1 Å². The van der Waals surface area contributed by atoms with Gasteiger partial charge in [-0.2, -0.15) is 0 Å². The van der Waals surface area contributed by atoms with Crippen LogP contribution in [-0.4, -0.2) is 34.5 Å². The Morgan fingerprint density at radius 1 is 1.56 bits per heavy atom. The van der Waals surface area contributed by atoms with Crippen molar-refractivity contribution < 1.29 is 4.79 Å². The zero-order valence-electron chi connectivity index (χ0n) is 9.86. The third-order valence-corrected chi connectivity index (χ3v) is 2.21. The van der Waals surface area contributed by atoms with Crippen molar-refractivity contribution in [2.24, 2.45) is 0 Å². The van der Waals surface area contributed by atoms with Crippen molar-refractivity contribution >= 4 is 5.91 Å². The summed E-state index contributed by atoms with van der Waals surface area (Å²) in [7, 11) is 1.65. The first-order valence-electron chi connectivity index (χ1n) is 5.56. The van der Waals surface area contributed by atoms with Gasteiger partial charge in [0, 0.05) is 32.8 Å². The zero-order chi connectivity index (χ0) is 11.8. The summed E-state index contributed by atoms with van der Waals surface area (Å²) in [6, 6.07) is 0. The van der Waals surface area contributed by atoms with Crippen LogP contribution in [0.2, 0.25) is 0 Å². The Morgan fingerprint density at radius 2 is 2.38 bits per heavy atom. The second-order valence-corrected chi connectivity index (χ2v) is 3.53. The van der Waals surface area contributed by atoms with Gasteiger partial charge in [0.1, 0.15) is 0 Å². The van der Waals surface area contributed by atoms with Crippen LogP contribution in [0.3, 0.4) is 0 Å². The van der Waals surface area contributed by atoms with Gasteiger partial charge in [0.05, 0.1) is 5.69 Å². The molecule has 0 aliphatic carbocycles. The number of amides is 1. The van der Waals surface area contributed by atoms with E-state index in [4.69, 9.17) is 0 Å². The molecule has 16 heavy (non-hydrogen) atoms. The van der Waals surface area contributed by atoms with E-state index in [9.17, 15) is 4.79 Å². The maximum absolute atomic E-state index is 11.0. The number of carbonyl (C=O) groups excluding carboxylic acids is 1. The molecule has 1 heterocycles. The average Bonchev–Trinajstić information content (AvgIpc) is 2.74. The Hall–Kier alpha value is -1.43. The molecule has 0 atom stereocenters. The van der Waals surface area contributed by atoms with Crippen molar-refractivity contribution in [2.75, 3.05) is 13.6 Å². The van der Waals surface area contributed by atoms with Crippen molar-refractivity contribution in [1.82, 2.24) is 25.6 Å². The van der Waals surface area contributed by atoms with Gasteiger partial charge in [-0.3, -0.25) is 9.48 Å². The van der Waals surface area contributed by atoms with Crippen LogP contribution in [0.1, 0.15) is 25.5 Å². The van der Waals surface area contributed by atoms with E-state index < -0.39 is 0 Å². The highest BCUT2D eigenvalue weighted by Crippen LogP contribution is 1.96. The van der Waals surface area contributed by atoms with Gasteiger partial charge in [-0.25, -0.2) is 0 Å². The van der Waals surface area contributed by atoms with Crippen LogP contribution in [0.15, 0.2) is 6.20 Å². The lowest BCUT2D eigenvalue weighted by Gasteiger charge is -1.99. The lowest BCUT2D eigenvalue weighted by molar-refractivity contribution is -0.120. The molecule has 0 saturated carbocycles. The van der Waals surface area contributed by atoms with Gasteiger partial charge in [0.25, 0.3) is 0 Å². The molecule has 1 amide bonds. The summed E-state index contributed by atoms with van der Waals surface area (Å²) in [4.78, 5) is 11.0. The van der Waals surface area contributed by atoms with Gasteiger partial charge >= 0.3 is 0 Å². The number of carbonyl (C=O) groups is 1. The lowest BCUT2D eigenvalue weighted by Crippen LogP contribution is -2.17. The maximum atomic E-state index is 11.0. The summed E-state index contributed by atoms with van der Waals surface area (Å²) in [5.41, 5.74) is 0.932. The molecule has 1 aromatic rings. The summed E-state index contributed by atoms with van der Waals surface area (Å²) in [5.74, 6) is 0.0630. The summed E-state index contributed by atoms with van der Waals surface area (Å²) >= 11 is 0. The van der Waals surface area contributed by atoms with Crippen molar-refractivity contribution in [3.8, 4) is 0 Å². The molecule has 0 aromatic carbocycles. The normalized spacial score (nSPS) is 10.4. The van der Waals surface area contributed by atoms with Crippen LogP contribution in [0.4, 0.5) is 0 Å². The minimum absolute atomic E-state index is 0.0630. The molecule has 0 aliphatic rings. The Kier molecular flexibility index (Phi) is 5.49. The highest BCUT2D eigenvalue weighted by Gasteiger charge is 2.01. The molecule has 0 aliphatic heterocycles. The SMILES string of the molecule is CCNCc1cn(CCCC(=O)NC)nn1. The number of hydrogen-bond acceptors (Lipinski definition) is 4. The van der Waals surface area contributed by atoms with Crippen molar-refractivity contribution in [3.63, 3.8) is 0 Å². The van der Waals surface area contributed by atoms with Crippen LogP contribution < -0.4 is 10.6 Å². The molecule has 0 saturated heterocycles. The average molecular weight is 225 g/mol. The van der Waals surface area contributed by atoms with Gasteiger partial charge in [-0.1, -0.05) is 12.1 Å². The maximum Gasteiger partial charge on any atom is 0.219 e. The number of nitrogens with zero attached hydrogens (tertiary/aromatic N) is 3. The number of hydrogen-bond donors (Lipinski definition) is 2. The number of aromatic nitrogens is 3. The minimum atomic E-state index is 0.0630. The molecule has 0 fully saturated rings. The molecule has 0 radical (unpaired) electrons. The monoisotopic (exact) mass is 225 g/mol. The summed E-state index contributed by atoms with van der Waals surface area (Å²) < 4.78 is 1.77. The molecule has 1 aromatic heterocycles. The minimum Gasteiger partial charge on any atom is -0.359 e. The highest BCUT2D eigenvalue weighted by molar-refractivity contribution is 5.75. The fourth-order valence-electron chi connectivity index (χ4n) is 1.31. The molecule has 6 heteroatoms. The summed E-state index contributed by atoms with van der Waals surface area (Å²) in [5, 5.41) is 13.8. The first-order valence-corrected chi connectivity index (χ1v) is 5.56. The van der Waals surface area contributed by atoms with Gasteiger partial charge in [-0.15, -0.1) is 5.10 Å². The number of rotatable bonds is 7. The van der Waals surface area contributed by atoms with Crippen LogP contribution in [0.5, 0.6) is 0 Å². The van der Waals surface area contributed by atoms with Crippen LogP contribution in [-0.2, 0) is 17.9 Å². The molecule has 0 unspecified atom stereocenters. The van der Waals surface area contributed by atoms with E-state index in [0.717, 1.165) is 31.7 Å². The Balaban J connectivity index is 2.26. The Labute approximate surface area is 95.4 Å². The van der Waals surface area contributed by atoms with Gasteiger partial charge in [0.2, 0.25) is 5.91 Å². The molecular weight excluding hydrogens is 206 g/mol. The van der Waals surface area contributed by atoms with E-state index >= 15 is 0 Å². The zero-order valence-corrected chi connectivity index (χ0v) is 9.86. The second kappa shape index (κ2) is 6.95. The lowest BCUT2D eigenvalue weighted by atomic mass is 10.3. The van der Waals surface area contributed by atoms with Crippen molar-refractivity contribution in [3.05, 3.63) is 11.9 Å². The molecule has 0 spiro atoms. The molecule has 6 nitrogen and oxygen atoms in total. The van der Waals surface area contributed by atoms with Crippen LogP contribution in [0.25, 0.3) is 0 Å². The molecule has 2 N–H and O–H groups in total. The first-order chi connectivity index (χ1) is 7.76. The molecular formula is C10H19N5O. The predicted octanol–water partition coefficient (Wildman–Crippen LogP) is -0.0862. The molecule has 0 bridgehead atoms. The summed E-state index contributed by atoms with van der Waals surface area (Å²) in [6.07, 6.45) is 3.22. The van der Waals surface area contributed by atoms with Crippen LogP contribution >= 0.6 is 0 Å². The van der Waals surface area contributed by atoms with E-state index in [2.05, 4.69) is 20.9 Å².